The second kappa shape index (κ2) is 7.43. The number of anilines is 1. The first-order chi connectivity index (χ1) is 12.1. The molecule has 8 heteroatoms. The van der Waals surface area contributed by atoms with Crippen LogP contribution in [0, 0.1) is 11.7 Å². The third-order valence-corrected chi connectivity index (χ3v) is 4.19. The van der Waals surface area contributed by atoms with Crippen molar-refractivity contribution in [2.45, 2.75) is 20.8 Å². The van der Waals surface area contributed by atoms with Crippen molar-refractivity contribution in [3.8, 4) is 11.5 Å². The first-order valence-electron chi connectivity index (χ1n) is 8.21. The van der Waals surface area contributed by atoms with Gasteiger partial charge in [-0.2, -0.15) is 20.0 Å². The predicted octanol–water partition coefficient (Wildman–Crippen LogP) is 3.37. The van der Waals surface area contributed by atoms with E-state index in [0.717, 1.165) is 24.3 Å². The molecule has 3 rings (SSSR count). The minimum atomic E-state index is 0.423. The van der Waals surface area contributed by atoms with Crippen molar-refractivity contribution in [3.63, 3.8) is 0 Å². The molecule has 0 radical (unpaired) electrons. The van der Waals surface area contributed by atoms with E-state index in [-0.39, 0.29) is 0 Å². The molecule has 130 valence electrons. The monoisotopic (exact) mass is 355 g/mol. The lowest BCUT2D eigenvalue weighted by atomic mass is 10.2. The van der Waals surface area contributed by atoms with Gasteiger partial charge in [0.25, 0.3) is 0 Å². The molecule has 0 unspecified atom stereocenters. The van der Waals surface area contributed by atoms with Gasteiger partial charge < -0.3 is 4.90 Å². The molecule has 1 aromatic carbocycles. The van der Waals surface area contributed by atoms with Crippen molar-refractivity contribution >= 4 is 24.1 Å². The van der Waals surface area contributed by atoms with Crippen LogP contribution < -0.4 is 4.90 Å². The van der Waals surface area contributed by atoms with Crippen LogP contribution in [0.2, 0.25) is 0 Å². The Morgan fingerprint density at radius 3 is 2.48 bits per heavy atom. The normalized spacial score (nSPS) is 11.3. The van der Waals surface area contributed by atoms with E-state index in [2.05, 4.69) is 56.4 Å². The number of aromatic amines is 2. The highest BCUT2D eigenvalue weighted by Crippen LogP contribution is 2.16. The second-order valence-electron chi connectivity index (χ2n) is 5.61. The topological polar surface area (TPSA) is 77.9 Å². The number of hydrogen-bond acceptors (Lipinski definition) is 5. The summed E-state index contributed by atoms with van der Waals surface area (Å²) in [6.07, 6.45) is 1.76. The zero-order valence-corrected chi connectivity index (χ0v) is 15.3. The van der Waals surface area contributed by atoms with Crippen LogP contribution in [0.5, 0.6) is 0 Å². The molecular formula is C17H21N7S. The number of H-pyrrole nitrogens is 2. The van der Waals surface area contributed by atoms with E-state index >= 15 is 0 Å². The number of hydrogen-bond donors (Lipinski definition) is 2. The fourth-order valence-electron chi connectivity index (χ4n) is 2.58. The first kappa shape index (κ1) is 17.1. The number of nitrogens with one attached hydrogen (secondary N) is 2. The quantitative estimate of drug-likeness (QED) is 0.525. The zero-order chi connectivity index (χ0) is 17.8. The molecule has 0 atom stereocenters. The predicted molar refractivity (Wildman–Crippen MR) is 103 cm³/mol. The fourth-order valence-corrected chi connectivity index (χ4v) is 2.76. The van der Waals surface area contributed by atoms with E-state index < -0.39 is 0 Å². The van der Waals surface area contributed by atoms with E-state index in [4.69, 9.17) is 12.2 Å². The third kappa shape index (κ3) is 3.69. The molecule has 2 aromatic heterocycles. The van der Waals surface area contributed by atoms with Crippen LogP contribution in [0.1, 0.15) is 25.1 Å². The number of benzene rings is 1. The number of rotatable bonds is 6. The molecule has 0 aliphatic carbocycles. The molecule has 0 amide bonds. The Hall–Kier alpha value is -2.74. The highest BCUT2D eigenvalue weighted by Gasteiger charge is 2.11. The van der Waals surface area contributed by atoms with Crippen molar-refractivity contribution in [2.24, 2.45) is 5.10 Å². The Morgan fingerprint density at radius 1 is 1.16 bits per heavy atom. The summed E-state index contributed by atoms with van der Waals surface area (Å²) in [6, 6.07) is 10.2. The maximum absolute atomic E-state index is 5.27. The van der Waals surface area contributed by atoms with Crippen molar-refractivity contribution in [1.29, 1.82) is 0 Å². The summed E-state index contributed by atoms with van der Waals surface area (Å²) in [5, 5.41) is 18.5. The lowest BCUT2D eigenvalue weighted by molar-refractivity contribution is 0.863. The molecule has 2 N–H and O–H groups in total. The van der Waals surface area contributed by atoms with E-state index in [1.807, 2.05) is 25.1 Å². The molecule has 0 spiro atoms. The first-order valence-corrected chi connectivity index (χ1v) is 8.62. The molecule has 25 heavy (non-hydrogen) atoms. The Balaban J connectivity index is 1.85. The summed E-state index contributed by atoms with van der Waals surface area (Å²) >= 11 is 5.27. The molecule has 7 nitrogen and oxygen atoms in total. The van der Waals surface area contributed by atoms with Gasteiger partial charge in [0.05, 0.1) is 6.21 Å². The second-order valence-corrected chi connectivity index (χ2v) is 6.00. The molecule has 0 aliphatic heterocycles. The molecule has 0 aliphatic rings. The molecule has 0 saturated heterocycles. The zero-order valence-electron chi connectivity index (χ0n) is 14.5. The van der Waals surface area contributed by atoms with Gasteiger partial charge in [-0.15, -0.1) is 0 Å². The van der Waals surface area contributed by atoms with Crippen LogP contribution in [0.15, 0.2) is 35.4 Å². The Morgan fingerprint density at radius 2 is 1.88 bits per heavy atom. The van der Waals surface area contributed by atoms with E-state index in [1.54, 1.807) is 10.9 Å². The van der Waals surface area contributed by atoms with Gasteiger partial charge in [-0.1, -0.05) is 12.1 Å². The average Bonchev–Trinajstić information content (AvgIpc) is 3.21. The molecule has 3 aromatic rings. The Kier molecular flexibility index (Phi) is 5.08. The highest BCUT2D eigenvalue weighted by atomic mass is 32.1. The summed E-state index contributed by atoms with van der Waals surface area (Å²) < 4.78 is 2.00. The number of aryl methyl sites for hydroxylation is 1. The van der Waals surface area contributed by atoms with Crippen LogP contribution >= 0.6 is 12.2 Å². The summed E-state index contributed by atoms with van der Waals surface area (Å²) in [6.45, 7) is 8.21. The van der Waals surface area contributed by atoms with Gasteiger partial charge in [-0.05, 0) is 56.8 Å². The number of nitrogens with zero attached hydrogens (tertiary/aromatic N) is 5. The van der Waals surface area contributed by atoms with Crippen molar-refractivity contribution in [2.75, 3.05) is 18.0 Å². The SMILES string of the molecule is CCN(CC)c1ccc(/C=N\n2c(-c3cc(C)[nH]n3)n[nH]c2=S)cc1. The van der Waals surface area contributed by atoms with E-state index in [1.165, 1.54) is 5.69 Å². The third-order valence-electron chi connectivity index (χ3n) is 3.93. The van der Waals surface area contributed by atoms with Crippen LogP contribution in [-0.2, 0) is 0 Å². The molecule has 0 fully saturated rings. The molecule has 2 heterocycles. The van der Waals surface area contributed by atoms with Crippen LogP contribution in [0.4, 0.5) is 5.69 Å². The summed E-state index contributed by atoms with van der Waals surface area (Å²) in [5.41, 5.74) is 3.84. The molecular weight excluding hydrogens is 334 g/mol. The summed E-state index contributed by atoms with van der Waals surface area (Å²) in [5.74, 6) is 0.574. The van der Waals surface area contributed by atoms with E-state index in [0.29, 0.717) is 16.3 Å². The van der Waals surface area contributed by atoms with Crippen molar-refractivity contribution in [1.82, 2.24) is 25.1 Å². The summed E-state index contributed by atoms with van der Waals surface area (Å²) in [4.78, 5) is 2.30. The molecule has 0 bridgehead atoms. The van der Waals surface area contributed by atoms with Gasteiger partial charge in [-0.25, -0.2) is 5.10 Å². The van der Waals surface area contributed by atoms with Gasteiger partial charge in [-0.3, -0.25) is 5.10 Å². The minimum absolute atomic E-state index is 0.423. The van der Waals surface area contributed by atoms with Gasteiger partial charge in [0.2, 0.25) is 10.6 Å². The number of aromatic nitrogens is 5. The van der Waals surface area contributed by atoms with Gasteiger partial charge in [0, 0.05) is 24.5 Å². The van der Waals surface area contributed by atoms with Gasteiger partial charge >= 0.3 is 0 Å². The minimum Gasteiger partial charge on any atom is -0.372 e. The maximum atomic E-state index is 5.27. The largest absolute Gasteiger partial charge is 0.372 e. The van der Waals surface area contributed by atoms with Crippen LogP contribution in [0.25, 0.3) is 11.5 Å². The standard InChI is InChI=1S/C17H21N7S/c1-4-23(5-2)14-8-6-13(7-9-14)11-18-24-16(21-22-17(24)25)15-10-12(3)19-20-15/h6-11H,4-5H2,1-3H3,(H,19,20)(H,22,25)/b18-11-. The van der Waals surface area contributed by atoms with Gasteiger partial charge in [0.15, 0.2) is 0 Å². The maximum Gasteiger partial charge on any atom is 0.216 e. The average molecular weight is 355 g/mol. The van der Waals surface area contributed by atoms with E-state index in [9.17, 15) is 0 Å². The van der Waals surface area contributed by atoms with Crippen LogP contribution in [0.3, 0.4) is 0 Å². The lowest BCUT2D eigenvalue weighted by Crippen LogP contribution is -2.21. The Bertz CT molecular complexity index is 913. The van der Waals surface area contributed by atoms with Crippen molar-refractivity contribution < 1.29 is 0 Å². The van der Waals surface area contributed by atoms with Gasteiger partial charge in [0.1, 0.15) is 5.69 Å². The highest BCUT2D eigenvalue weighted by molar-refractivity contribution is 7.71. The van der Waals surface area contributed by atoms with Crippen molar-refractivity contribution in [3.05, 3.63) is 46.4 Å². The van der Waals surface area contributed by atoms with Crippen LogP contribution in [-0.4, -0.2) is 44.4 Å². The fraction of sp³-hybridized carbons (Fsp3) is 0.294. The summed E-state index contributed by atoms with van der Waals surface area (Å²) in [7, 11) is 0. The lowest BCUT2D eigenvalue weighted by Gasteiger charge is -2.20. The smallest absolute Gasteiger partial charge is 0.216 e. The molecule has 0 saturated carbocycles. The Labute approximate surface area is 151 Å².